The Labute approximate surface area is 177 Å². The van der Waals surface area contributed by atoms with E-state index in [0.717, 1.165) is 23.3 Å². The van der Waals surface area contributed by atoms with Crippen LogP contribution in [0.1, 0.15) is 30.4 Å². The number of amides is 2. The number of aryl methyl sites for hydroxylation is 1. The van der Waals surface area contributed by atoms with Gasteiger partial charge in [0.25, 0.3) is 0 Å². The van der Waals surface area contributed by atoms with Gasteiger partial charge < -0.3 is 14.5 Å². The van der Waals surface area contributed by atoms with Crippen LogP contribution in [0.15, 0.2) is 48.5 Å². The summed E-state index contributed by atoms with van der Waals surface area (Å²) in [4.78, 5) is 28.8. The van der Waals surface area contributed by atoms with Crippen molar-refractivity contribution in [3.8, 4) is 5.75 Å². The first-order chi connectivity index (χ1) is 14.5. The van der Waals surface area contributed by atoms with Crippen LogP contribution in [-0.2, 0) is 16.0 Å². The quantitative estimate of drug-likeness (QED) is 0.653. The lowest BCUT2D eigenvalue weighted by Gasteiger charge is -2.22. The first-order valence-corrected chi connectivity index (χ1v) is 10.5. The third-order valence-corrected chi connectivity index (χ3v) is 5.36. The van der Waals surface area contributed by atoms with Crippen molar-refractivity contribution in [3.05, 3.63) is 65.5 Å². The minimum absolute atomic E-state index is 0.0162. The van der Waals surface area contributed by atoms with Gasteiger partial charge in [0, 0.05) is 32.6 Å². The Hall–Kier alpha value is -2.89. The molecule has 0 radical (unpaired) electrons. The minimum atomic E-state index is -0.306. The number of hydrogen-bond acceptors (Lipinski definition) is 3. The summed E-state index contributed by atoms with van der Waals surface area (Å²) >= 11 is 0. The third kappa shape index (κ3) is 6.31. The zero-order valence-electron chi connectivity index (χ0n) is 17.5. The van der Waals surface area contributed by atoms with E-state index in [0.29, 0.717) is 45.6 Å². The summed E-state index contributed by atoms with van der Waals surface area (Å²) < 4.78 is 18.8. The second-order valence-corrected chi connectivity index (χ2v) is 7.64. The second-order valence-electron chi connectivity index (χ2n) is 7.64. The van der Waals surface area contributed by atoms with Gasteiger partial charge in [-0.05, 0) is 49.1 Å². The molecule has 0 atom stereocenters. The molecule has 1 aliphatic heterocycles. The molecule has 0 N–H and O–H groups in total. The van der Waals surface area contributed by atoms with Crippen LogP contribution in [0.4, 0.5) is 4.39 Å². The fourth-order valence-electron chi connectivity index (χ4n) is 3.59. The molecule has 2 aromatic carbocycles. The topological polar surface area (TPSA) is 49.9 Å². The van der Waals surface area contributed by atoms with Crippen LogP contribution in [0, 0.1) is 12.7 Å². The molecule has 2 aromatic rings. The summed E-state index contributed by atoms with van der Waals surface area (Å²) in [5.41, 5.74) is 1.88. The summed E-state index contributed by atoms with van der Waals surface area (Å²) in [6.45, 7) is 4.89. The van der Waals surface area contributed by atoms with Crippen LogP contribution in [0.3, 0.4) is 0 Å². The molecule has 2 amide bonds. The predicted molar refractivity (Wildman–Crippen MR) is 114 cm³/mol. The molecule has 3 rings (SSSR count). The SMILES string of the molecule is Cc1ccccc1OCCCC(=O)N1CCCN(C(=O)Cc2ccc(F)cc2)CC1. The Morgan fingerprint density at radius 1 is 0.933 bits per heavy atom. The fraction of sp³-hybridized carbons (Fsp3) is 0.417. The lowest BCUT2D eigenvalue weighted by molar-refractivity contribution is -0.133. The number of carbonyl (C=O) groups is 2. The Balaban J connectivity index is 1.40. The summed E-state index contributed by atoms with van der Waals surface area (Å²) in [6, 6.07) is 13.9. The highest BCUT2D eigenvalue weighted by atomic mass is 19.1. The first-order valence-electron chi connectivity index (χ1n) is 10.5. The molecule has 0 bridgehead atoms. The molecule has 160 valence electrons. The van der Waals surface area contributed by atoms with Crippen molar-refractivity contribution in [2.24, 2.45) is 0 Å². The standard InChI is InChI=1S/C24H29FN2O3/c1-19-6-2-3-7-22(19)30-17-4-8-23(28)26-13-5-14-27(16-15-26)24(29)18-20-9-11-21(25)12-10-20/h2-3,6-7,9-12H,4-5,8,13-18H2,1H3. The Kier molecular flexibility index (Phi) is 7.82. The number of nitrogens with zero attached hydrogens (tertiary/aromatic N) is 2. The van der Waals surface area contributed by atoms with Crippen LogP contribution in [0.2, 0.25) is 0 Å². The van der Waals surface area contributed by atoms with E-state index in [1.54, 1.807) is 17.0 Å². The van der Waals surface area contributed by atoms with E-state index < -0.39 is 0 Å². The molecule has 0 aliphatic carbocycles. The number of rotatable bonds is 7. The van der Waals surface area contributed by atoms with Gasteiger partial charge in [0.1, 0.15) is 11.6 Å². The van der Waals surface area contributed by atoms with Crippen LogP contribution in [0.25, 0.3) is 0 Å². The van der Waals surface area contributed by atoms with E-state index >= 15 is 0 Å². The molecular formula is C24H29FN2O3. The Morgan fingerprint density at radius 2 is 1.60 bits per heavy atom. The molecule has 1 fully saturated rings. The van der Waals surface area contributed by atoms with Crippen molar-refractivity contribution in [3.63, 3.8) is 0 Å². The van der Waals surface area contributed by atoms with Crippen molar-refractivity contribution in [1.29, 1.82) is 0 Å². The number of para-hydroxylation sites is 1. The van der Waals surface area contributed by atoms with E-state index in [-0.39, 0.29) is 24.1 Å². The summed E-state index contributed by atoms with van der Waals surface area (Å²) in [5.74, 6) is 0.674. The zero-order chi connectivity index (χ0) is 21.3. The van der Waals surface area contributed by atoms with Crippen molar-refractivity contribution in [2.75, 3.05) is 32.8 Å². The Bertz CT molecular complexity index is 854. The number of ether oxygens (including phenoxy) is 1. The normalized spacial score (nSPS) is 14.3. The maximum absolute atomic E-state index is 13.0. The van der Waals surface area contributed by atoms with Gasteiger partial charge in [0.05, 0.1) is 13.0 Å². The molecule has 1 aliphatic rings. The van der Waals surface area contributed by atoms with Crippen LogP contribution in [0.5, 0.6) is 5.75 Å². The molecule has 6 heteroatoms. The van der Waals surface area contributed by atoms with Gasteiger partial charge in [0.2, 0.25) is 11.8 Å². The van der Waals surface area contributed by atoms with Gasteiger partial charge >= 0.3 is 0 Å². The maximum atomic E-state index is 13.0. The molecule has 0 saturated carbocycles. The molecule has 0 spiro atoms. The summed E-state index contributed by atoms with van der Waals surface area (Å²) in [7, 11) is 0. The van der Waals surface area contributed by atoms with Crippen molar-refractivity contribution >= 4 is 11.8 Å². The van der Waals surface area contributed by atoms with E-state index in [9.17, 15) is 14.0 Å². The van der Waals surface area contributed by atoms with E-state index in [1.165, 1.54) is 12.1 Å². The van der Waals surface area contributed by atoms with Gasteiger partial charge in [-0.1, -0.05) is 30.3 Å². The smallest absolute Gasteiger partial charge is 0.227 e. The third-order valence-electron chi connectivity index (χ3n) is 5.36. The van der Waals surface area contributed by atoms with E-state index in [2.05, 4.69) is 0 Å². The molecule has 5 nitrogen and oxygen atoms in total. The van der Waals surface area contributed by atoms with Gasteiger partial charge in [-0.15, -0.1) is 0 Å². The summed E-state index contributed by atoms with van der Waals surface area (Å²) in [6.07, 6.45) is 2.12. The van der Waals surface area contributed by atoms with E-state index in [1.807, 2.05) is 36.1 Å². The summed E-state index contributed by atoms with van der Waals surface area (Å²) in [5, 5.41) is 0. The zero-order valence-corrected chi connectivity index (χ0v) is 17.5. The average molecular weight is 413 g/mol. The number of hydrogen-bond donors (Lipinski definition) is 0. The molecular weight excluding hydrogens is 383 g/mol. The lowest BCUT2D eigenvalue weighted by Crippen LogP contribution is -2.38. The van der Waals surface area contributed by atoms with Crippen LogP contribution in [-0.4, -0.2) is 54.4 Å². The average Bonchev–Trinajstić information content (AvgIpc) is 3.00. The van der Waals surface area contributed by atoms with Crippen molar-refractivity contribution in [2.45, 2.75) is 32.6 Å². The number of halogens is 1. The fourth-order valence-corrected chi connectivity index (χ4v) is 3.59. The highest BCUT2D eigenvalue weighted by Gasteiger charge is 2.22. The van der Waals surface area contributed by atoms with Gasteiger partial charge in [-0.2, -0.15) is 0 Å². The van der Waals surface area contributed by atoms with Crippen molar-refractivity contribution < 1.29 is 18.7 Å². The lowest BCUT2D eigenvalue weighted by atomic mass is 10.1. The highest BCUT2D eigenvalue weighted by molar-refractivity contribution is 5.79. The number of benzene rings is 2. The second kappa shape index (κ2) is 10.8. The minimum Gasteiger partial charge on any atom is -0.493 e. The molecule has 1 heterocycles. The highest BCUT2D eigenvalue weighted by Crippen LogP contribution is 2.16. The molecule has 30 heavy (non-hydrogen) atoms. The Morgan fingerprint density at radius 3 is 2.30 bits per heavy atom. The van der Waals surface area contributed by atoms with Gasteiger partial charge in [-0.3, -0.25) is 9.59 Å². The van der Waals surface area contributed by atoms with Gasteiger partial charge in [-0.25, -0.2) is 4.39 Å². The number of carbonyl (C=O) groups excluding carboxylic acids is 2. The van der Waals surface area contributed by atoms with E-state index in [4.69, 9.17) is 4.74 Å². The predicted octanol–water partition coefficient (Wildman–Crippen LogP) is 3.60. The molecule has 0 unspecified atom stereocenters. The first kappa shape index (κ1) is 21.8. The van der Waals surface area contributed by atoms with Crippen LogP contribution >= 0.6 is 0 Å². The molecule has 1 saturated heterocycles. The van der Waals surface area contributed by atoms with Gasteiger partial charge in [0.15, 0.2) is 0 Å². The van der Waals surface area contributed by atoms with Crippen molar-refractivity contribution in [1.82, 2.24) is 9.80 Å². The molecule has 0 aromatic heterocycles. The largest absolute Gasteiger partial charge is 0.493 e. The monoisotopic (exact) mass is 412 g/mol. The van der Waals surface area contributed by atoms with Crippen LogP contribution < -0.4 is 4.74 Å². The maximum Gasteiger partial charge on any atom is 0.227 e.